The van der Waals surface area contributed by atoms with Crippen LogP contribution >= 0.6 is 34.4 Å². The van der Waals surface area contributed by atoms with Gasteiger partial charge in [-0.05, 0) is 56.7 Å². The fraction of sp³-hybridized carbons (Fsp3) is 0.394. The van der Waals surface area contributed by atoms with Gasteiger partial charge in [-0.25, -0.2) is 4.98 Å². The van der Waals surface area contributed by atoms with Gasteiger partial charge in [-0.3, -0.25) is 29.4 Å². The third-order valence-electron chi connectivity index (χ3n) is 9.01. The number of nitrogens with two attached hydrogens (primary N) is 1. The van der Waals surface area contributed by atoms with Crippen molar-refractivity contribution in [2.45, 2.75) is 69.6 Å². The number of pyridine rings is 1. The fourth-order valence-electron chi connectivity index (χ4n) is 6.50. The fourth-order valence-corrected chi connectivity index (χ4v) is 8.96. The number of likely N-dealkylation sites (tertiary alicyclic amines) is 1. The van der Waals surface area contributed by atoms with Crippen molar-refractivity contribution in [2.75, 3.05) is 23.3 Å². The van der Waals surface area contributed by atoms with E-state index in [9.17, 15) is 29.1 Å². The van der Waals surface area contributed by atoms with Gasteiger partial charge < -0.3 is 30.7 Å². The molecule has 2 saturated heterocycles. The van der Waals surface area contributed by atoms with Crippen LogP contribution in [0.5, 0.6) is 0 Å². The normalized spacial score (nSPS) is 21.2. The van der Waals surface area contributed by atoms with Gasteiger partial charge in [-0.15, -0.1) is 33.3 Å². The molecule has 4 N–H and O–H groups in total. The highest BCUT2D eigenvalue weighted by molar-refractivity contribution is 8.00. The summed E-state index contributed by atoms with van der Waals surface area (Å²) in [6.45, 7) is 2.50. The van der Waals surface area contributed by atoms with Gasteiger partial charge in [-0.1, -0.05) is 16.5 Å². The Bertz CT molecular complexity index is 2070. The van der Waals surface area contributed by atoms with Crippen LogP contribution in [-0.2, 0) is 41.9 Å². The van der Waals surface area contributed by atoms with Crippen LogP contribution < -0.4 is 26.0 Å². The number of nitrogens with zero attached hydrogens (tertiary/aromatic N) is 7. The molecule has 0 unspecified atom stereocenters. The van der Waals surface area contributed by atoms with E-state index in [2.05, 4.69) is 31.0 Å². The Labute approximate surface area is 315 Å². The largest absolute Gasteiger partial charge is 0.543 e. The predicted molar refractivity (Wildman–Crippen MR) is 191 cm³/mol. The number of amides is 4. The third kappa shape index (κ3) is 7.93. The number of allylic oxidation sites excluding steroid dienone is 1. The van der Waals surface area contributed by atoms with Crippen LogP contribution in [0.15, 0.2) is 58.0 Å². The molecule has 3 aromatic heterocycles. The maximum Gasteiger partial charge on any atom is 0.292 e. The number of hydrogen-bond acceptors (Lipinski definition) is 15. The van der Waals surface area contributed by atoms with Crippen LogP contribution in [0.25, 0.3) is 0 Å². The minimum Gasteiger partial charge on any atom is -0.543 e. The van der Waals surface area contributed by atoms with Crippen molar-refractivity contribution in [1.82, 2.24) is 30.3 Å². The molecular formula is C33H34N10O7S3. The number of nitrogens with one attached hydrogen (secondary N) is 2. The monoisotopic (exact) mass is 778 g/mol. The molecule has 0 bridgehead atoms. The number of hydrogen-bond donors (Lipinski definition) is 3. The van der Waals surface area contributed by atoms with E-state index >= 15 is 0 Å². The summed E-state index contributed by atoms with van der Waals surface area (Å²) in [6, 6.07) is 2.59. The highest BCUT2D eigenvalue weighted by Crippen LogP contribution is 2.41. The standard InChI is InChI=1S/C33H34N10O7S3/c1-17-38-39-33(53-17)36-23(44)14-41-9-4-5-18(12-41)13-42-10-8-19(28(42)46)11-20-15-51-30-25(29(47)43(30)26(20)31(48)49)37-27(45)24(22-16-52-32(34)35-22)40-50-21-6-2-3-7-21/h4-5,9,11-12,16,21,25,30H,2-3,6-8,10,13-15H2,1H3,(H4-,34,35,36,37,39,44,45,48,49)/b19-11?,40-24-/t25-,30-/m1/s1. The molecule has 1 saturated carbocycles. The Morgan fingerprint density at radius 1 is 1.23 bits per heavy atom. The van der Waals surface area contributed by atoms with E-state index in [1.165, 1.54) is 29.2 Å². The summed E-state index contributed by atoms with van der Waals surface area (Å²) in [5, 5.41) is 32.0. The van der Waals surface area contributed by atoms with Crippen LogP contribution in [0.3, 0.4) is 0 Å². The number of fused-ring (bicyclic) bond motifs is 1. The lowest BCUT2D eigenvalue weighted by Gasteiger charge is -2.50. The molecule has 1 aliphatic carbocycles. The van der Waals surface area contributed by atoms with Gasteiger partial charge in [0, 0.05) is 34.9 Å². The molecule has 3 aliphatic heterocycles. The van der Waals surface area contributed by atoms with E-state index in [-0.39, 0.29) is 64.6 Å². The molecule has 3 fully saturated rings. The van der Waals surface area contributed by atoms with Gasteiger partial charge >= 0.3 is 0 Å². The van der Waals surface area contributed by atoms with Gasteiger partial charge in [0.2, 0.25) is 17.6 Å². The zero-order chi connectivity index (χ0) is 37.2. The Kier molecular flexibility index (Phi) is 10.5. The number of carboxylic acid groups (broad SMARTS) is 1. The first kappa shape index (κ1) is 36.2. The van der Waals surface area contributed by atoms with Crippen LogP contribution in [-0.4, -0.2) is 90.1 Å². The molecule has 276 valence electrons. The number of thioether (sulfide) groups is 1. The lowest BCUT2D eigenvalue weighted by molar-refractivity contribution is -0.684. The van der Waals surface area contributed by atoms with Gasteiger partial charge in [-0.2, -0.15) is 4.57 Å². The Hall–Kier alpha value is -5.21. The molecule has 4 aliphatic rings. The number of aromatic nitrogens is 4. The Balaban J connectivity index is 1.00. The van der Waals surface area contributed by atoms with E-state index in [4.69, 9.17) is 10.6 Å². The van der Waals surface area contributed by atoms with Gasteiger partial charge in [0.15, 0.2) is 23.2 Å². The molecule has 0 radical (unpaired) electrons. The SMILES string of the molecule is Cc1nnc(NC(=O)C[n+]2cccc(CN3CCC(=CC4=C(C(=O)[O-])N5C(=O)[C@@H](NC(=O)/C(=N\OC6CCCC6)c6csc(N)n6)[C@H]5SC4)C3=O)c2)s1. The second kappa shape index (κ2) is 15.4. The molecule has 0 spiro atoms. The Morgan fingerprint density at radius 2 is 2.04 bits per heavy atom. The van der Waals surface area contributed by atoms with Crippen molar-refractivity contribution in [1.29, 1.82) is 0 Å². The summed E-state index contributed by atoms with van der Waals surface area (Å²) in [5.41, 5.74) is 7.01. The van der Waals surface area contributed by atoms with Crippen LogP contribution in [0.1, 0.15) is 48.4 Å². The van der Waals surface area contributed by atoms with Crippen molar-refractivity contribution in [3.05, 3.63) is 69.1 Å². The summed E-state index contributed by atoms with van der Waals surface area (Å²) in [4.78, 5) is 77.8. The lowest BCUT2D eigenvalue weighted by atomic mass is 10.0. The predicted octanol–water partition coefficient (Wildman–Crippen LogP) is 0.238. The second-order valence-electron chi connectivity index (χ2n) is 12.8. The number of carbonyl (C=O) groups is 5. The number of anilines is 2. The number of oxime groups is 1. The first-order valence-corrected chi connectivity index (χ1v) is 19.5. The van der Waals surface area contributed by atoms with Crippen molar-refractivity contribution in [2.24, 2.45) is 5.16 Å². The van der Waals surface area contributed by atoms with Gasteiger partial charge in [0.25, 0.3) is 17.7 Å². The summed E-state index contributed by atoms with van der Waals surface area (Å²) in [5.74, 6) is -3.28. The van der Waals surface area contributed by atoms with E-state index in [0.717, 1.165) is 52.5 Å². The maximum absolute atomic E-state index is 13.5. The average Bonchev–Trinajstić information content (AvgIpc) is 3.95. The number of carbonyl (C=O) groups excluding carboxylic acids is 5. The first-order valence-electron chi connectivity index (χ1n) is 16.8. The third-order valence-corrected chi connectivity index (χ3v) is 11.7. The summed E-state index contributed by atoms with van der Waals surface area (Å²) in [6.07, 6.45) is 8.92. The molecule has 53 heavy (non-hydrogen) atoms. The van der Waals surface area contributed by atoms with E-state index in [1.807, 2.05) is 6.07 Å². The van der Waals surface area contributed by atoms with Gasteiger partial charge in [0.05, 0.1) is 18.2 Å². The zero-order valence-electron chi connectivity index (χ0n) is 28.4. The molecule has 0 aromatic carbocycles. The van der Waals surface area contributed by atoms with E-state index in [0.29, 0.717) is 23.7 Å². The molecule has 4 amide bonds. The van der Waals surface area contributed by atoms with Crippen molar-refractivity contribution >= 4 is 80.0 Å². The average molecular weight is 779 g/mol. The molecule has 17 nitrogen and oxygen atoms in total. The molecule has 20 heteroatoms. The summed E-state index contributed by atoms with van der Waals surface area (Å²) in [7, 11) is 0. The number of β-lactam (4-membered cyclic amide) rings is 1. The number of aliphatic carboxylic acids is 1. The van der Waals surface area contributed by atoms with Crippen molar-refractivity contribution < 1.29 is 38.5 Å². The molecule has 6 heterocycles. The molecular weight excluding hydrogens is 745 g/mol. The van der Waals surface area contributed by atoms with Crippen LogP contribution in [0.2, 0.25) is 0 Å². The van der Waals surface area contributed by atoms with Crippen LogP contribution in [0.4, 0.5) is 10.3 Å². The lowest BCUT2D eigenvalue weighted by Crippen LogP contribution is -2.71. The number of nitrogen functional groups attached to an aromatic ring is 1. The number of aryl methyl sites for hydroxylation is 1. The molecule has 7 rings (SSSR count). The minimum absolute atomic E-state index is 0.0364. The van der Waals surface area contributed by atoms with Crippen LogP contribution in [0, 0.1) is 6.92 Å². The van der Waals surface area contributed by atoms with Crippen molar-refractivity contribution in [3.8, 4) is 0 Å². The van der Waals surface area contributed by atoms with E-state index < -0.39 is 29.2 Å². The quantitative estimate of drug-likeness (QED) is 0.0739. The topological polar surface area (TPSA) is 229 Å². The maximum atomic E-state index is 13.5. The minimum atomic E-state index is -1.56. The van der Waals surface area contributed by atoms with Crippen molar-refractivity contribution in [3.63, 3.8) is 0 Å². The highest BCUT2D eigenvalue weighted by Gasteiger charge is 2.53. The molecule has 3 aromatic rings. The number of carboxylic acids is 1. The number of rotatable bonds is 12. The summed E-state index contributed by atoms with van der Waals surface area (Å²) < 4.78 is 1.70. The Morgan fingerprint density at radius 3 is 2.75 bits per heavy atom. The second-order valence-corrected chi connectivity index (χ2v) is 15.9. The van der Waals surface area contributed by atoms with Gasteiger partial charge in [0.1, 0.15) is 28.2 Å². The number of thiazole rings is 1. The van der Waals surface area contributed by atoms with E-state index in [1.54, 1.807) is 40.2 Å². The summed E-state index contributed by atoms with van der Waals surface area (Å²) >= 11 is 3.67. The first-order chi connectivity index (χ1) is 25.5. The zero-order valence-corrected chi connectivity index (χ0v) is 30.8. The highest BCUT2D eigenvalue weighted by atomic mass is 32.2. The molecule has 2 atom stereocenters. The smallest absolute Gasteiger partial charge is 0.292 e.